The van der Waals surface area contributed by atoms with Crippen molar-refractivity contribution < 1.29 is 14.7 Å². The lowest BCUT2D eigenvalue weighted by atomic mass is 9.98. The van der Waals surface area contributed by atoms with Gasteiger partial charge in [0.1, 0.15) is 0 Å². The van der Waals surface area contributed by atoms with Gasteiger partial charge in [0.05, 0.1) is 5.92 Å². The van der Waals surface area contributed by atoms with Crippen LogP contribution in [0, 0.1) is 5.92 Å². The van der Waals surface area contributed by atoms with Gasteiger partial charge in [0, 0.05) is 19.5 Å². The summed E-state index contributed by atoms with van der Waals surface area (Å²) in [4.78, 5) is 24.5. The Kier molecular flexibility index (Phi) is 5.29. The number of likely N-dealkylation sites (tertiary alicyclic amines) is 1. The molecular formula is C12H21NO3. The van der Waals surface area contributed by atoms with Crippen molar-refractivity contribution in [2.75, 3.05) is 13.1 Å². The number of carbonyl (C=O) groups excluding carboxylic acids is 1. The molecule has 0 aromatic carbocycles. The molecule has 1 amide bonds. The van der Waals surface area contributed by atoms with Gasteiger partial charge < -0.3 is 10.0 Å². The predicted octanol–water partition coefficient (Wildman–Crippen LogP) is 1.89. The Bertz CT molecular complexity index is 247. The SMILES string of the molecule is CCCC(CCC(=O)N1CCCC1)C(=O)O. The first-order valence-corrected chi connectivity index (χ1v) is 6.15. The number of carboxylic acids is 1. The molecule has 1 rings (SSSR count). The van der Waals surface area contributed by atoms with Crippen molar-refractivity contribution in [1.82, 2.24) is 4.90 Å². The average Bonchev–Trinajstić information content (AvgIpc) is 2.76. The minimum absolute atomic E-state index is 0.125. The second-order valence-electron chi connectivity index (χ2n) is 4.45. The van der Waals surface area contributed by atoms with E-state index < -0.39 is 5.97 Å². The molecule has 0 aromatic heterocycles. The first-order valence-electron chi connectivity index (χ1n) is 6.15. The Hall–Kier alpha value is -1.06. The predicted molar refractivity (Wildman–Crippen MR) is 61.1 cm³/mol. The number of amides is 1. The third kappa shape index (κ3) is 3.83. The fraction of sp³-hybridized carbons (Fsp3) is 0.833. The lowest BCUT2D eigenvalue weighted by Gasteiger charge is -2.16. The van der Waals surface area contributed by atoms with E-state index in [2.05, 4.69) is 0 Å². The van der Waals surface area contributed by atoms with Gasteiger partial charge in [0.2, 0.25) is 5.91 Å². The minimum atomic E-state index is -0.768. The van der Waals surface area contributed by atoms with Crippen molar-refractivity contribution in [2.24, 2.45) is 5.92 Å². The topological polar surface area (TPSA) is 57.6 Å². The fourth-order valence-electron chi connectivity index (χ4n) is 2.16. The normalized spacial score (nSPS) is 17.4. The van der Waals surface area contributed by atoms with Gasteiger partial charge in [-0.25, -0.2) is 0 Å². The van der Waals surface area contributed by atoms with E-state index >= 15 is 0 Å². The molecule has 0 radical (unpaired) electrons. The first kappa shape index (κ1) is 13.0. The van der Waals surface area contributed by atoms with Gasteiger partial charge in [-0.05, 0) is 25.7 Å². The maximum Gasteiger partial charge on any atom is 0.306 e. The van der Waals surface area contributed by atoms with Gasteiger partial charge in [-0.2, -0.15) is 0 Å². The molecule has 1 heterocycles. The summed E-state index contributed by atoms with van der Waals surface area (Å²) in [6.07, 6.45) is 4.57. The van der Waals surface area contributed by atoms with E-state index in [1.165, 1.54) is 0 Å². The zero-order chi connectivity index (χ0) is 12.0. The van der Waals surface area contributed by atoms with E-state index in [9.17, 15) is 9.59 Å². The van der Waals surface area contributed by atoms with E-state index in [1.54, 1.807) is 0 Å². The molecule has 1 saturated heterocycles. The van der Waals surface area contributed by atoms with Crippen LogP contribution in [0.25, 0.3) is 0 Å². The molecule has 16 heavy (non-hydrogen) atoms. The highest BCUT2D eigenvalue weighted by atomic mass is 16.4. The van der Waals surface area contributed by atoms with Crippen LogP contribution >= 0.6 is 0 Å². The lowest BCUT2D eigenvalue weighted by molar-refractivity contribution is -0.142. The summed E-state index contributed by atoms with van der Waals surface area (Å²) in [6, 6.07) is 0. The number of carboxylic acid groups (broad SMARTS) is 1. The maximum atomic E-state index is 11.7. The molecule has 1 unspecified atom stereocenters. The molecule has 0 aliphatic carbocycles. The summed E-state index contributed by atoms with van der Waals surface area (Å²) >= 11 is 0. The van der Waals surface area contributed by atoms with E-state index in [0.29, 0.717) is 19.3 Å². The summed E-state index contributed by atoms with van der Waals surface area (Å²) in [5.41, 5.74) is 0. The Morgan fingerprint density at radius 1 is 1.25 bits per heavy atom. The standard InChI is InChI=1S/C12H21NO3/c1-2-5-10(12(15)16)6-7-11(14)13-8-3-4-9-13/h10H,2-9H2,1H3,(H,15,16). The van der Waals surface area contributed by atoms with Crippen molar-refractivity contribution in [3.63, 3.8) is 0 Å². The smallest absolute Gasteiger partial charge is 0.306 e. The highest BCUT2D eigenvalue weighted by molar-refractivity contribution is 5.77. The van der Waals surface area contributed by atoms with Gasteiger partial charge in [-0.15, -0.1) is 0 Å². The van der Waals surface area contributed by atoms with Gasteiger partial charge in [-0.1, -0.05) is 13.3 Å². The number of hydrogen-bond donors (Lipinski definition) is 1. The van der Waals surface area contributed by atoms with Crippen molar-refractivity contribution in [3.05, 3.63) is 0 Å². The second kappa shape index (κ2) is 6.51. The zero-order valence-corrected chi connectivity index (χ0v) is 9.95. The number of hydrogen-bond acceptors (Lipinski definition) is 2. The van der Waals surface area contributed by atoms with Crippen LogP contribution < -0.4 is 0 Å². The van der Waals surface area contributed by atoms with Gasteiger partial charge in [0.25, 0.3) is 0 Å². The number of nitrogens with zero attached hydrogens (tertiary/aromatic N) is 1. The molecular weight excluding hydrogens is 206 g/mol. The molecule has 1 aliphatic rings. The van der Waals surface area contributed by atoms with Crippen LogP contribution in [0.15, 0.2) is 0 Å². The van der Waals surface area contributed by atoms with Gasteiger partial charge in [-0.3, -0.25) is 9.59 Å². The Balaban J connectivity index is 2.30. The monoisotopic (exact) mass is 227 g/mol. The van der Waals surface area contributed by atoms with E-state index in [4.69, 9.17) is 5.11 Å². The molecule has 0 bridgehead atoms. The van der Waals surface area contributed by atoms with Crippen molar-refractivity contribution in [2.45, 2.75) is 45.4 Å². The molecule has 1 aliphatic heterocycles. The molecule has 1 fully saturated rings. The van der Waals surface area contributed by atoms with E-state index in [-0.39, 0.29) is 11.8 Å². The van der Waals surface area contributed by atoms with Crippen molar-refractivity contribution in [3.8, 4) is 0 Å². The molecule has 92 valence electrons. The second-order valence-corrected chi connectivity index (χ2v) is 4.45. The number of rotatable bonds is 6. The third-order valence-electron chi connectivity index (χ3n) is 3.15. The fourth-order valence-corrected chi connectivity index (χ4v) is 2.16. The zero-order valence-electron chi connectivity index (χ0n) is 9.95. The molecule has 0 spiro atoms. The quantitative estimate of drug-likeness (QED) is 0.753. The van der Waals surface area contributed by atoms with Crippen LogP contribution in [0.3, 0.4) is 0 Å². The highest BCUT2D eigenvalue weighted by Crippen LogP contribution is 2.16. The van der Waals surface area contributed by atoms with Crippen LogP contribution in [-0.4, -0.2) is 35.0 Å². The van der Waals surface area contributed by atoms with Gasteiger partial charge >= 0.3 is 5.97 Å². The minimum Gasteiger partial charge on any atom is -0.481 e. The molecule has 4 nitrogen and oxygen atoms in total. The summed E-state index contributed by atoms with van der Waals surface area (Å²) in [5, 5.41) is 8.96. The van der Waals surface area contributed by atoms with E-state index in [1.807, 2.05) is 11.8 Å². The molecule has 1 atom stereocenters. The first-order chi connectivity index (χ1) is 7.65. The maximum absolute atomic E-state index is 11.7. The van der Waals surface area contributed by atoms with Crippen molar-refractivity contribution in [1.29, 1.82) is 0 Å². The highest BCUT2D eigenvalue weighted by Gasteiger charge is 2.21. The lowest BCUT2D eigenvalue weighted by Crippen LogP contribution is -2.28. The Morgan fingerprint density at radius 2 is 1.88 bits per heavy atom. The van der Waals surface area contributed by atoms with Crippen molar-refractivity contribution >= 4 is 11.9 Å². The van der Waals surface area contributed by atoms with Crippen LogP contribution in [0.1, 0.15) is 45.4 Å². The average molecular weight is 227 g/mol. The van der Waals surface area contributed by atoms with Crippen LogP contribution in [0.4, 0.5) is 0 Å². The number of aliphatic carboxylic acids is 1. The summed E-state index contributed by atoms with van der Waals surface area (Å²) < 4.78 is 0. The van der Waals surface area contributed by atoms with E-state index in [0.717, 1.165) is 32.4 Å². The third-order valence-corrected chi connectivity index (χ3v) is 3.15. The summed E-state index contributed by atoms with van der Waals surface area (Å²) in [5.74, 6) is -0.993. The molecule has 0 aromatic rings. The largest absolute Gasteiger partial charge is 0.481 e. The Morgan fingerprint density at radius 3 is 2.38 bits per heavy atom. The molecule has 0 saturated carbocycles. The summed E-state index contributed by atoms with van der Waals surface area (Å²) in [7, 11) is 0. The summed E-state index contributed by atoms with van der Waals surface area (Å²) in [6.45, 7) is 3.67. The number of carbonyl (C=O) groups is 2. The van der Waals surface area contributed by atoms with Gasteiger partial charge in [0.15, 0.2) is 0 Å². The molecule has 4 heteroatoms. The van der Waals surface area contributed by atoms with Crippen LogP contribution in [-0.2, 0) is 9.59 Å². The van der Waals surface area contributed by atoms with Crippen LogP contribution in [0.5, 0.6) is 0 Å². The Labute approximate surface area is 96.6 Å². The van der Waals surface area contributed by atoms with Crippen LogP contribution in [0.2, 0.25) is 0 Å². The molecule has 1 N–H and O–H groups in total.